The molecule has 0 aliphatic heterocycles. The van der Waals surface area contributed by atoms with Gasteiger partial charge in [-0.25, -0.2) is 0 Å². The van der Waals surface area contributed by atoms with E-state index in [9.17, 15) is 0 Å². The van der Waals surface area contributed by atoms with E-state index in [2.05, 4.69) is 38.5 Å². The molecule has 180 valence electrons. The number of aromatic nitrogens is 5. The Morgan fingerprint density at radius 1 is 0.765 bits per heavy atom. The van der Waals surface area contributed by atoms with Crippen molar-refractivity contribution in [2.24, 2.45) is 0 Å². The standard InChI is InChI=1S/C25H33N5O3Si/c31-34(32,33)17-9-7-5-3-1-2-4-6-8-16-30-19-23(28-29-30)22-18-20-12-10-14-26-24(20)25-21(22)13-11-15-27-25/h10-15,18-19,31-33H,1-9,16-17H2. The van der Waals surface area contributed by atoms with E-state index in [1.54, 1.807) is 12.4 Å². The molecular weight excluding hydrogens is 446 g/mol. The fourth-order valence-electron chi connectivity index (χ4n) is 4.39. The number of pyridine rings is 2. The third-order valence-corrected chi connectivity index (χ3v) is 7.20. The van der Waals surface area contributed by atoms with Gasteiger partial charge in [-0.1, -0.05) is 62.3 Å². The van der Waals surface area contributed by atoms with Crippen LogP contribution in [0.4, 0.5) is 0 Å². The van der Waals surface area contributed by atoms with Crippen molar-refractivity contribution in [1.29, 1.82) is 0 Å². The molecule has 0 spiro atoms. The van der Waals surface area contributed by atoms with Gasteiger partial charge < -0.3 is 14.4 Å². The first-order valence-corrected chi connectivity index (χ1v) is 14.3. The maximum Gasteiger partial charge on any atom is 0.492 e. The Kier molecular flexibility index (Phi) is 8.33. The molecule has 3 aromatic heterocycles. The third kappa shape index (κ3) is 6.66. The number of benzene rings is 1. The maximum atomic E-state index is 9.00. The van der Waals surface area contributed by atoms with Crippen LogP contribution in [-0.2, 0) is 6.54 Å². The summed E-state index contributed by atoms with van der Waals surface area (Å²) >= 11 is 0. The lowest BCUT2D eigenvalue weighted by Crippen LogP contribution is -2.33. The molecule has 0 fully saturated rings. The molecule has 0 atom stereocenters. The van der Waals surface area contributed by atoms with E-state index in [4.69, 9.17) is 14.4 Å². The summed E-state index contributed by atoms with van der Waals surface area (Å²) in [5.41, 5.74) is 3.67. The van der Waals surface area contributed by atoms with Crippen LogP contribution in [0.25, 0.3) is 33.1 Å². The predicted octanol–water partition coefficient (Wildman–Crippen LogP) is 4.47. The van der Waals surface area contributed by atoms with Crippen LogP contribution in [0, 0.1) is 0 Å². The minimum atomic E-state index is -3.83. The summed E-state index contributed by atoms with van der Waals surface area (Å²) in [4.78, 5) is 36.1. The van der Waals surface area contributed by atoms with Gasteiger partial charge in [-0.15, -0.1) is 5.10 Å². The van der Waals surface area contributed by atoms with Gasteiger partial charge in [0.25, 0.3) is 0 Å². The Hall–Kier alpha value is -2.72. The number of rotatable bonds is 13. The summed E-state index contributed by atoms with van der Waals surface area (Å²) < 4.78 is 1.93. The molecule has 8 nitrogen and oxygen atoms in total. The highest BCUT2D eigenvalue weighted by Crippen LogP contribution is 2.31. The molecule has 0 radical (unpaired) electrons. The highest BCUT2D eigenvalue weighted by atomic mass is 28.4. The first kappa shape index (κ1) is 24.4. The minimum Gasteiger partial charge on any atom is -0.390 e. The van der Waals surface area contributed by atoms with Crippen LogP contribution >= 0.6 is 0 Å². The summed E-state index contributed by atoms with van der Waals surface area (Å²) in [6.07, 6.45) is 15.4. The third-order valence-electron chi connectivity index (χ3n) is 6.17. The lowest BCUT2D eigenvalue weighted by atomic mass is 10.0. The molecule has 0 saturated carbocycles. The van der Waals surface area contributed by atoms with Crippen molar-refractivity contribution in [3.05, 3.63) is 48.9 Å². The topological polar surface area (TPSA) is 117 Å². The normalized spacial score (nSPS) is 12.1. The average Bonchev–Trinajstić information content (AvgIpc) is 3.30. The Morgan fingerprint density at radius 3 is 2.15 bits per heavy atom. The van der Waals surface area contributed by atoms with E-state index in [-0.39, 0.29) is 6.04 Å². The predicted molar refractivity (Wildman–Crippen MR) is 135 cm³/mol. The molecule has 4 rings (SSSR count). The van der Waals surface area contributed by atoms with Gasteiger partial charge in [0, 0.05) is 41.3 Å². The maximum absolute atomic E-state index is 9.00. The molecule has 0 aliphatic carbocycles. The molecule has 9 heteroatoms. The van der Waals surface area contributed by atoms with Gasteiger partial charge in [-0.05, 0) is 31.0 Å². The summed E-state index contributed by atoms with van der Waals surface area (Å²) in [5, 5.41) is 10.9. The SMILES string of the molecule is O[Si](O)(O)CCCCCCCCCCCn1cc(-c2cc3cccnc3c3ncccc23)nn1. The van der Waals surface area contributed by atoms with Crippen molar-refractivity contribution in [2.45, 2.75) is 70.4 Å². The lowest BCUT2D eigenvalue weighted by Gasteiger charge is -2.08. The number of nitrogens with zero attached hydrogens (tertiary/aromatic N) is 5. The van der Waals surface area contributed by atoms with E-state index in [0.717, 1.165) is 71.7 Å². The minimum absolute atomic E-state index is 0.155. The van der Waals surface area contributed by atoms with Crippen molar-refractivity contribution >= 4 is 30.6 Å². The van der Waals surface area contributed by atoms with Gasteiger partial charge in [0.1, 0.15) is 5.69 Å². The van der Waals surface area contributed by atoms with Crippen molar-refractivity contribution in [3.8, 4) is 11.3 Å². The van der Waals surface area contributed by atoms with Gasteiger partial charge in [0.15, 0.2) is 0 Å². The Labute approximate surface area is 200 Å². The molecule has 4 aromatic rings. The zero-order chi connectivity index (χ0) is 23.8. The summed E-state index contributed by atoms with van der Waals surface area (Å²) in [7, 11) is -3.83. The molecule has 1 aromatic carbocycles. The van der Waals surface area contributed by atoms with Crippen LogP contribution in [0.15, 0.2) is 48.9 Å². The fourth-order valence-corrected chi connectivity index (χ4v) is 5.12. The second-order valence-corrected chi connectivity index (χ2v) is 11.0. The van der Waals surface area contributed by atoms with Crippen LogP contribution < -0.4 is 0 Å². The zero-order valence-electron chi connectivity index (χ0n) is 19.5. The van der Waals surface area contributed by atoms with Crippen LogP contribution in [0.1, 0.15) is 57.8 Å². The van der Waals surface area contributed by atoms with Gasteiger partial charge in [-0.2, -0.15) is 0 Å². The zero-order valence-corrected chi connectivity index (χ0v) is 20.5. The van der Waals surface area contributed by atoms with Crippen molar-refractivity contribution in [2.75, 3.05) is 0 Å². The first-order valence-electron chi connectivity index (χ1n) is 12.2. The lowest BCUT2D eigenvalue weighted by molar-refractivity contribution is 0.226. The van der Waals surface area contributed by atoms with Crippen LogP contribution in [-0.4, -0.2) is 48.2 Å². The summed E-state index contributed by atoms with van der Waals surface area (Å²) in [6.45, 7) is 0.855. The van der Waals surface area contributed by atoms with Gasteiger partial charge >= 0.3 is 8.80 Å². The van der Waals surface area contributed by atoms with Crippen LogP contribution in [0.3, 0.4) is 0 Å². The Morgan fingerprint density at radius 2 is 1.41 bits per heavy atom. The Bertz CT molecular complexity index is 1210. The smallest absolute Gasteiger partial charge is 0.390 e. The van der Waals surface area contributed by atoms with Gasteiger partial charge in [0.2, 0.25) is 0 Å². The Balaban J connectivity index is 1.22. The number of fused-ring (bicyclic) bond motifs is 3. The van der Waals surface area contributed by atoms with E-state index in [1.807, 2.05) is 23.0 Å². The molecular formula is C25H33N5O3Si. The van der Waals surface area contributed by atoms with Crippen molar-refractivity contribution in [3.63, 3.8) is 0 Å². The molecule has 3 N–H and O–H groups in total. The van der Waals surface area contributed by atoms with Crippen molar-refractivity contribution in [1.82, 2.24) is 25.0 Å². The largest absolute Gasteiger partial charge is 0.492 e. The second-order valence-electron chi connectivity index (χ2n) is 8.97. The molecule has 0 unspecified atom stereocenters. The van der Waals surface area contributed by atoms with Gasteiger partial charge in [0.05, 0.1) is 17.2 Å². The van der Waals surface area contributed by atoms with E-state index >= 15 is 0 Å². The summed E-state index contributed by atoms with van der Waals surface area (Å²) in [5.74, 6) is 0. The number of hydrogen-bond acceptors (Lipinski definition) is 7. The summed E-state index contributed by atoms with van der Waals surface area (Å²) in [6, 6.07) is 10.3. The second kappa shape index (κ2) is 11.6. The number of unbranched alkanes of at least 4 members (excludes halogenated alkanes) is 8. The molecule has 0 amide bonds. The molecule has 0 saturated heterocycles. The highest BCUT2D eigenvalue weighted by Gasteiger charge is 2.25. The van der Waals surface area contributed by atoms with Crippen LogP contribution in [0.5, 0.6) is 0 Å². The molecule has 0 bridgehead atoms. The fraction of sp³-hybridized carbons (Fsp3) is 0.440. The highest BCUT2D eigenvalue weighted by molar-refractivity contribution is 6.56. The van der Waals surface area contributed by atoms with E-state index in [0.29, 0.717) is 6.42 Å². The van der Waals surface area contributed by atoms with Crippen LogP contribution in [0.2, 0.25) is 6.04 Å². The average molecular weight is 480 g/mol. The first-order chi connectivity index (χ1) is 16.5. The van der Waals surface area contributed by atoms with Gasteiger partial charge in [-0.3, -0.25) is 14.6 Å². The quantitative estimate of drug-likeness (QED) is 0.147. The number of hydrogen-bond donors (Lipinski definition) is 3. The number of aryl methyl sites for hydroxylation is 1. The monoisotopic (exact) mass is 479 g/mol. The van der Waals surface area contributed by atoms with Crippen molar-refractivity contribution < 1.29 is 14.4 Å². The molecule has 34 heavy (non-hydrogen) atoms. The molecule has 3 heterocycles. The van der Waals surface area contributed by atoms with E-state index in [1.165, 1.54) is 19.3 Å². The van der Waals surface area contributed by atoms with E-state index < -0.39 is 8.80 Å². The molecule has 0 aliphatic rings.